The van der Waals surface area contributed by atoms with Crippen LogP contribution >= 0.6 is 11.6 Å². The molecule has 0 unspecified atom stereocenters. The lowest BCUT2D eigenvalue weighted by atomic mass is 9.94. The van der Waals surface area contributed by atoms with Crippen molar-refractivity contribution in [3.05, 3.63) is 52.4 Å². The van der Waals surface area contributed by atoms with Gasteiger partial charge in [0.05, 0.1) is 29.1 Å². The Morgan fingerprint density at radius 3 is 2.51 bits per heavy atom. The Morgan fingerprint density at radius 2 is 1.87 bits per heavy atom. The third-order valence-corrected chi connectivity index (χ3v) is 9.71. The lowest BCUT2D eigenvalue weighted by molar-refractivity contribution is -0.190. The number of carbonyl (C=O) groups is 1. The van der Waals surface area contributed by atoms with Gasteiger partial charge >= 0.3 is 6.18 Å². The van der Waals surface area contributed by atoms with Crippen LogP contribution < -0.4 is 4.90 Å². The molecule has 1 aromatic carbocycles. The Morgan fingerprint density at radius 1 is 1.18 bits per heavy atom. The Bertz CT molecular complexity index is 1530. The summed E-state index contributed by atoms with van der Waals surface area (Å²) in [6, 6.07) is 4.33. The lowest BCUT2D eigenvalue weighted by Crippen LogP contribution is -2.44. The fourth-order valence-electron chi connectivity index (χ4n) is 5.76. The van der Waals surface area contributed by atoms with Gasteiger partial charge < -0.3 is 9.80 Å². The molecular formula is C26H29ClF3N5O3S. The van der Waals surface area contributed by atoms with Gasteiger partial charge in [-0.25, -0.2) is 17.9 Å². The highest BCUT2D eigenvalue weighted by molar-refractivity contribution is 7.91. The highest BCUT2D eigenvalue weighted by Gasteiger charge is 2.47. The molecule has 8 nitrogen and oxygen atoms in total. The second-order valence-electron chi connectivity index (χ2n) is 10.4. The minimum atomic E-state index is -4.72. The molecule has 0 bridgehead atoms. The number of aromatic nitrogens is 3. The number of fused-ring (bicyclic) bond motifs is 3. The molecule has 0 N–H and O–H groups in total. The minimum Gasteiger partial charge on any atom is -0.336 e. The third kappa shape index (κ3) is 5.20. The van der Waals surface area contributed by atoms with Gasteiger partial charge in [0.25, 0.3) is 0 Å². The van der Waals surface area contributed by atoms with E-state index >= 15 is 0 Å². The Balaban J connectivity index is 1.48. The smallest absolute Gasteiger partial charge is 0.336 e. The minimum absolute atomic E-state index is 0.0251. The van der Waals surface area contributed by atoms with Crippen LogP contribution in [0.5, 0.6) is 0 Å². The van der Waals surface area contributed by atoms with Crippen molar-refractivity contribution in [1.29, 1.82) is 0 Å². The zero-order valence-electron chi connectivity index (χ0n) is 21.7. The van der Waals surface area contributed by atoms with E-state index in [1.165, 1.54) is 6.07 Å². The van der Waals surface area contributed by atoms with Crippen molar-refractivity contribution in [2.24, 2.45) is 5.92 Å². The Kier molecular flexibility index (Phi) is 7.07. The monoisotopic (exact) mass is 583 g/mol. The molecule has 0 spiro atoms. The van der Waals surface area contributed by atoms with Gasteiger partial charge in [0, 0.05) is 30.8 Å². The van der Waals surface area contributed by atoms with Crippen LogP contribution in [0.1, 0.15) is 49.0 Å². The van der Waals surface area contributed by atoms with E-state index < -0.39 is 33.9 Å². The first kappa shape index (κ1) is 27.7. The van der Waals surface area contributed by atoms with E-state index in [4.69, 9.17) is 11.6 Å². The summed E-state index contributed by atoms with van der Waals surface area (Å²) in [7, 11) is -2.10. The lowest BCUT2D eigenvalue weighted by Gasteiger charge is -2.38. The molecule has 39 heavy (non-hydrogen) atoms. The number of aryl methyl sites for hydroxylation is 2. The molecule has 4 heterocycles. The summed E-state index contributed by atoms with van der Waals surface area (Å²) < 4.78 is 68.5. The highest BCUT2D eigenvalue weighted by atomic mass is 35.5. The molecule has 0 saturated carbocycles. The second kappa shape index (κ2) is 9.96. The maximum Gasteiger partial charge on any atom is 0.413 e. The molecule has 1 saturated heterocycles. The van der Waals surface area contributed by atoms with Crippen LogP contribution in [0.4, 0.5) is 24.5 Å². The van der Waals surface area contributed by atoms with Gasteiger partial charge in [-0.1, -0.05) is 17.7 Å². The number of alkyl halides is 3. The maximum absolute atomic E-state index is 14.4. The fourth-order valence-corrected chi connectivity index (χ4v) is 7.42. The number of rotatable bonds is 4. The average molecular weight is 584 g/mol. The van der Waals surface area contributed by atoms with Crippen LogP contribution in [0.15, 0.2) is 30.5 Å². The molecule has 210 valence electrons. The van der Waals surface area contributed by atoms with Gasteiger partial charge in [-0.3, -0.25) is 4.79 Å². The largest absolute Gasteiger partial charge is 0.413 e. The van der Waals surface area contributed by atoms with Gasteiger partial charge in [-0.05, 0) is 62.8 Å². The van der Waals surface area contributed by atoms with Crippen LogP contribution in [0.25, 0.3) is 5.65 Å². The van der Waals surface area contributed by atoms with Crippen molar-refractivity contribution < 1.29 is 26.4 Å². The van der Waals surface area contributed by atoms with Crippen LogP contribution in [0.2, 0.25) is 5.15 Å². The number of amides is 1. The standard InChI is InChI=1S/C26H29ClF3N5O3S/c1-15-12-18(34-16(2)4-7-20-21(34)14-31-23-13-22(27)32-35(20)23)5-6-19(15)24(26(28,29)30)33(3)25(36)17-8-10-39(37,38)11-9-17/h5-6,12-14,16-17,24H,4,7-11H2,1-3H3/t16-,24+/m1/s1. The van der Waals surface area contributed by atoms with E-state index in [-0.39, 0.29) is 36.0 Å². The first-order chi connectivity index (χ1) is 18.3. The summed E-state index contributed by atoms with van der Waals surface area (Å²) in [6.07, 6.45) is -1.39. The highest BCUT2D eigenvalue weighted by Crippen LogP contribution is 2.42. The molecule has 5 rings (SSSR count). The predicted molar refractivity (Wildman–Crippen MR) is 142 cm³/mol. The van der Waals surface area contributed by atoms with Gasteiger partial charge in [0.1, 0.15) is 9.84 Å². The van der Waals surface area contributed by atoms with Gasteiger partial charge in [0.15, 0.2) is 16.8 Å². The first-order valence-corrected chi connectivity index (χ1v) is 14.9. The van der Waals surface area contributed by atoms with Crippen molar-refractivity contribution in [3.8, 4) is 0 Å². The topological polar surface area (TPSA) is 87.9 Å². The van der Waals surface area contributed by atoms with E-state index in [1.807, 2.05) is 11.8 Å². The molecule has 0 aliphatic carbocycles. The van der Waals surface area contributed by atoms with E-state index in [2.05, 4.69) is 10.1 Å². The number of anilines is 2. The second-order valence-corrected chi connectivity index (χ2v) is 13.1. The van der Waals surface area contributed by atoms with Crippen molar-refractivity contribution in [3.63, 3.8) is 0 Å². The third-order valence-electron chi connectivity index (χ3n) is 7.81. The summed E-state index contributed by atoms with van der Waals surface area (Å²) in [5.41, 5.74) is 3.41. The zero-order chi connectivity index (χ0) is 28.3. The van der Waals surface area contributed by atoms with Crippen molar-refractivity contribution in [1.82, 2.24) is 19.5 Å². The molecule has 13 heteroatoms. The SMILES string of the molecule is Cc1cc(N2c3cnc4cc(Cl)nn4c3CC[C@H]2C)ccc1[C@H](N(C)C(=O)C1CCS(=O)(=O)CC1)C(F)(F)F. The molecule has 2 aromatic heterocycles. The average Bonchev–Trinajstić information content (AvgIpc) is 3.24. The summed E-state index contributed by atoms with van der Waals surface area (Å²) in [5, 5.41) is 4.67. The van der Waals surface area contributed by atoms with Gasteiger partial charge in [-0.2, -0.15) is 18.3 Å². The van der Waals surface area contributed by atoms with Crippen LogP contribution in [-0.4, -0.2) is 64.6 Å². The van der Waals surface area contributed by atoms with E-state index in [0.29, 0.717) is 22.1 Å². The van der Waals surface area contributed by atoms with E-state index in [0.717, 1.165) is 36.2 Å². The van der Waals surface area contributed by atoms with E-state index in [9.17, 15) is 26.4 Å². The molecule has 2 aliphatic heterocycles. The number of sulfone groups is 1. The zero-order valence-corrected chi connectivity index (χ0v) is 23.3. The predicted octanol–water partition coefficient (Wildman–Crippen LogP) is 5.05. The molecule has 0 radical (unpaired) electrons. The number of benzene rings is 1. The summed E-state index contributed by atoms with van der Waals surface area (Å²) >= 11 is 6.09. The normalized spacial score (nSPS) is 20.6. The number of halogens is 4. The summed E-state index contributed by atoms with van der Waals surface area (Å²) in [4.78, 5) is 20.3. The molecule has 2 aliphatic rings. The van der Waals surface area contributed by atoms with E-state index in [1.54, 1.807) is 35.8 Å². The summed E-state index contributed by atoms with van der Waals surface area (Å²) in [6.45, 7) is 3.65. The number of carbonyl (C=O) groups excluding carboxylic acids is 1. The number of hydrogen-bond donors (Lipinski definition) is 0. The molecular weight excluding hydrogens is 555 g/mol. The van der Waals surface area contributed by atoms with Crippen molar-refractivity contribution >= 4 is 44.4 Å². The first-order valence-electron chi connectivity index (χ1n) is 12.7. The van der Waals surface area contributed by atoms with Crippen LogP contribution in [0.3, 0.4) is 0 Å². The molecule has 1 amide bonds. The van der Waals surface area contributed by atoms with Crippen LogP contribution in [0, 0.1) is 12.8 Å². The van der Waals surface area contributed by atoms with Crippen LogP contribution in [-0.2, 0) is 21.1 Å². The quantitative estimate of drug-likeness (QED) is 0.427. The Labute approximate surface area is 229 Å². The number of hydrogen-bond acceptors (Lipinski definition) is 6. The molecule has 3 aromatic rings. The number of nitrogens with zero attached hydrogens (tertiary/aromatic N) is 5. The van der Waals surface area contributed by atoms with Gasteiger partial charge in [0.2, 0.25) is 5.91 Å². The molecule has 2 atom stereocenters. The Hall–Kier alpha value is -2.86. The summed E-state index contributed by atoms with van der Waals surface area (Å²) in [5.74, 6) is -1.83. The maximum atomic E-state index is 14.4. The van der Waals surface area contributed by atoms with Crippen molar-refractivity contribution in [2.75, 3.05) is 23.5 Å². The van der Waals surface area contributed by atoms with Crippen molar-refractivity contribution in [2.45, 2.75) is 57.8 Å². The fraction of sp³-hybridized carbons (Fsp3) is 0.500. The van der Waals surface area contributed by atoms with Gasteiger partial charge in [-0.15, -0.1) is 0 Å². The molecule has 1 fully saturated rings.